The van der Waals surface area contributed by atoms with E-state index in [1.54, 1.807) is 0 Å². The lowest BCUT2D eigenvalue weighted by Crippen LogP contribution is -2.43. The van der Waals surface area contributed by atoms with E-state index in [1.807, 2.05) is 29.4 Å². The van der Waals surface area contributed by atoms with E-state index >= 15 is 0 Å². The lowest BCUT2D eigenvalue weighted by molar-refractivity contribution is -0.123. The third-order valence-electron chi connectivity index (χ3n) is 14.0. The quantitative estimate of drug-likeness (QED) is 0.0251. The number of rotatable bonds is 59. The number of hydrogen-bond acceptors (Lipinski definition) is 26. The van der Waals surface area contributed by atoms with Crippen LogP contribution in [-0.2, 0) is 57.5 Å². The fourth-order valence-electron chi connectivity index (χ4n) is 8.80. The van der Waals surface area contributed by atoms with Crippen LogP contribution in [0.3, 0.4) is 0 Å². The summed E-state index contributed by atoms with van der Waals surface area (Å²) in [6, 6.07) is 0. The molecule has 38 nitrogen and oxygen atoms in total. The van der Waals surface area contributed by atoms with Crippen molar-refractivity contribution in [2.75, 3.05) is 197 Å². The Kier molecular flexibility index (Phi) is 52.5. The zero-order chi connectivity index (χ0) is 68.6. The summed E-state index contributed by atoms with van der Waals surface area (Å²) in [5.74, 6) is -3.52. The number of hydrogen-bond donors (Lipinski definition) is 20. The minimum absolute atomic E-state index is 0.00648. The van der Waals surface area contributed by atoms with Crippen molar-refractivity contribution in [2.24, 2.45) is 45.9 Å². The maximum absolute atomic E-state index is 13.5. The van der Waals surface area contributed by atoms with Crippen LogP contribution in [0.5, 0.6) is 0 Å². The molecule has 0 unspecified atom stereocenters. The Bertz CT molecular complexity index is 1770. The van der Waals surface area contributed by atoms with Crippen LogP contribution in [0.1, 0.15) is 77.0 Å². The molecule has 0 spiro atoms. The number of nitrogens with one attached hydrogen (secondary N) is 12. The first-order chi connectivity index (χ1) is 44.2. The summed E-state index contributed by atoms with van der Waals surface area (Å²) in [6.07, 6.45) is 0.788. The van der Waals surface area contributed by atoms with Gasteiger partial charge in [0.05, 0.1) is 53.3 Å². The van der Waals surface area contributed by atoms with Gasteiger partial charge < -0.3 is 139 Å². The van der Waals surface area contributed by atoms with Crippen molar-refractivity contribution < 1.29 is 57.5 Å². The van der Waals surface area contributed by atoms with E-state index in [1.165, 1.54) is 0 Å². The highest BCUT2D eigenvalue weighted by atomic mass is 16.2. The van der Waals surface area contributed by atoms with E-state index < -0.39 is 0 Å². The molecule has 0 aromatic rings. The van der Waals surface area contributed by atoms with E-state index in [-0.39, 0.29) is 319 Å². The van der Waals surface area contributed by atoms with Gasteiger partial charge >= 0.3 is 0 Å². The summed E-state index contributed by atoms with van der Waals surface area (Å²) in [5, 5.41) is 31.9. The summed E-state index contributed by atoms with van der Waals surface area (Å²) in [5.41, 5.74) is 43.7. The second-order valence-corrected chi connectivity index (χ2v) is 20.9. The Morgan fingerprint density at radius 1 is 0.163 bits per heavy atom. The third-order valence-corrected chi connectivity index (χ3v) is 14.0. The molecule has 0 aliphatic carbocycles. The number of carbonyl (C=O) groups is 12. The third kappa shape index (κ3) is 49.7. The normalized spacial score (nSPS) is 11.2. The van der Waals surface area contributed by atoms with Crippen molar-refractivity contribution in [2.45, 2.75) is 77.0 Å². The molecule has 0 aromatic carbocycles. The van der Waals surface area contributed by atoms with Gasteiger partial charge in [-0.05, 0) is 0 Å². The molecule has 92 heavy (non-hydrogen) atoms. The van der Waals surface area contributed by atoms with Gasteiger partial charge in [-0.3, -0.25) is 57.5 Å². The van der Waals surface area contributed by atoms with Crippen LogP contribution in [0.15, 0.2) is 0 Å². The Morgan fingerprint density at radius 2 is 0.272 bits per heavy atom. The van der Waals surface area contributed by atoms with Crippen molar-refractivity contribution in [1.29, 1.82) is 0 Å². The second-order valence-electron chi connectivity index (χ2n) is 20.9. The molecular weight excluding hydrogens is 1200 g/mol. The SMILES string of the molecule is NCNC(=O)CCN(CCNC(=O)CCN(CCC(=O)NCCN(CCC(=O)NCN)CCC(=O)NCN)CCN(CCC(=O)NCCN(CCC(=O)NCN)CCC(=O)NCN)CCC(=O)NCCN(CCC(=O)NCN)CCC(=O)NCN)CCC(=O)NCN. The highest BCUT2D eigenvalue weighted by Gasteiger charge is 2.20. The van der Waals surface area contributed by atoms with Crippen LogP contribution in [0, 0.1) is 0 Å². The molecule has 38 heteroatoms. The molecule has 0 atom stereocenters. The average molecular weight is 1320 g/mol. The van der Waals surface area contributed by atoms with Crippen LogP contribution in [0.4, 0.5) is 0 Å². The van der Waals surface area contributed by atoms with Crippen LogP contribution in [0.25, 0.3) is 0 Å². The minimum atomic E-state index is -0.320. The molecule has 0 saturated carbocycles. The molecular formula is C54H112N26O12. The Balaban J connectivity index is 6.63. The van der Waals surface area contributed by atoms with Gasteiger partial charge in [-0.25, -0.2) is 0 Å². The monoisotopic (exact) mass is 1320 g/mol. The number of amides is 12. The van der Waals surface area contributed by atoms with Crippen molar-refractivity contribution in [3.63, 3.8) is 0 Å². The second kappa shape index (κ2) is 56.8. The minimum Gasteiger partial charge on any atom is -0.355 e. The molecule has 0 aromatic heterocycles. The van der Waals surface area contributed by atoms with Gasteiger partial charge in [0.15, 0.2) is 0 Å². The lowest BCUT2D eigenvalue weighted by atomic mass is 10.2. The molecule has 0 aliphatic rings. The van der Waals surface area contributed by atoms with Crippen LogP contribution < -0.4 is 110 Å². The summed E-state index contributed by atoms with van der Waals surface area (Å²) in [4.78, 5) is 163. The number of carbonyl (C=O) groups excluding carboxylic acids is 12. The van der Waals surface area contributed by atoms with E-state index in [2.05, 4.69) is 63.8 Å². The molecule has 12 amide bonds. The van der Waals surface area contributed by atoms with Crippen LogP contribution >= 0.6 is 0 Å². The zero-order valence-corrected chi connectivity index (χ0v) is 53.9. The van der Waals surface area contributed by atoms with Crippen molar-refractivity contribution in [1.82, 2.24) is 93.2 Å². The highest BCUT2D eigenvalue weighted by molar-refractivity contribution is 5.80. The standard InChI is InChI=1S/C54H112N26O12/c55-35-67-47(85)5-17-75(18-6-48(86)68-36-56)29-13-63-43(81)1-25-79(26-2-44(82)64-14-30-76(19-7-49(87)69-37-57)20-8-50(88)70-38-58)33-34-80(27-3-45(83)65-15-31-77(21-9-51(89)71-39-59)22-10-52(90)72-40-60)28-4-46(84)66-16-32-78(23-11-53(91)73-41-61)24-12-54(92)74-42-62/h1-42,55-62H2,(H,63,81)(H,64,82)(H,65,83)(H,66,84)(H,67,85)(H,68,86)(H,69,87)(H,70,88)(H,71,89)(H,72,90)(H,73,91)(H,74,92). The molecule has 0 heterocycles. The average Bonchev–Trinajstić information content (AvgIpc) is 3.73. The topological polar surface area (TPSA) is 577 Å². The maximum atomic E-state index is 13.5. The number of nitrogens with two attached hydrogens (primary N) is 8. The highest BCUT2D eigenvalue weighted by Crippen LogP contribution is 2.04. The number of nitrogens with zero attached hydrogens (tertiary/aromatic N) is 6. The van der Waals surface area contributed by atoms with Crippen molar-refractivity contribution >= 4 is 70.9 Å². The van der Waals surface area contributed by atoms with E-state index in [0.29, 0.717) is 26.2 Å². The predicted molar refractivity (Wildman–Crippen MR) is 344 cm³/mol. The molecule has 0 rings (SSSR count). The Labute approximate surface area is 540 Å². The summed E-state index contributed by atoms with van der Waals surface area (Å²) in [7, 11) is 0. The largest absolute Gasteiger partial charge is 0.355 e. The van der Waals surface area contributed by atoms with Gasteiger partial charge in [-0.2, -0.15) is 0 Å². The summed E-state index contributed by atoms with van der Waals surface area (Å²) >= 11 is 0. The van der Waals surface area contributed by atoms with Crippen LogP contribution in [-0.4, -0.2) is 298 Å². The molecule has 530 valence electrons. The van der Waals surface area contributed by atoms with Crippen molar-refractivity contribution in [3.05, 3.63) is 0 Å². The first kappa shape index (κ1) is 85.1. The molecule has 0 saturated heterocycles. The lowest BCUT2D eigenvalue weighted by Gasteiger charge is -2.28. The smallest absolute Gasteiger partial charge is 0.222 e. The summed E-state index contributed by atoms with van der Waals surface area (Å²) < 4.78 is 0. The van der Waals surface area contributed by atoms with Gasteiger partial charge in [0.1, 0.15) is 0 Å². The first-order valence-electron chi connectivity index (χ1n) is 31.4. The van der Waals surface area contributed by atoms with E-state index in [0.717, 1.165) is 0 Å². The van der Waals surface area contributed by atoms with Gasteiger partial charge in [0.2, 0.25) is 70.9 Å². The predicted octanol–water partition coefficient (Wildman–Crippen LogP) is -11.8. The van der Waals surface area contributed by atoms with Gasteiger partial charge in [0.25, 0.3) is 0 Å². The fourth-order valence-corrected chi connectivity index (χ4v) is 8.80. The maximum Gasteiger partial charge on any atom is 0.222 e. The zero-order valence-electron chi connectivity index (χ0n) is 53.9. The van der Waals surface area contributed by atoms with Gasteiger partial charge in [-0.15, -0.1) is 0 Å². The van der Waals surface area contributed by atoms with E-state index in [9.17, 15) is 57.5 Å². The Hall–Kier alpha value is -6.92. The first-order valence-corrected chi connectivity index (χ1v) is 31.4. The van der Waals surface area contributed by atoms with E-state index in [4.69, 9.17) is 45.9 Å². The van der Waals surface area contributed by atoms with Crippen LogP contribution in [0.2, 0.25) is 0 Å². The van der Waals surface area contributed by atoms with Gasteiger partial charge in [-0.1, -0.05) is 0 Å². The Morgan fingerprint density at radius 3 is 0.391 bits per heavy atom. The van der Waals surface area contributed by atoms with Gasteiger partial charge in [0, 0.05) is 221 Å². The molecule has 0 bridgehead atoms. The molecule has 0 fully saturated rings. The summed E-state index contributed by atoms with van der Waals surface area (Å²) in [6.45, 7) is 5.10. The fraction of sp³-hybridized carbons (Fsp3) is 0.778. The van der Waals surface area contributed by atoms with Crippen molar-refractivity contribution in [3.8, 4) is 0 Å². The molecule has 0 radical (unpaired) electrons. The molecule has 0 aliphatic heterocycles. The molecule has 28 N–H and O–H groups in total.